The zero-order chi connectivity index (χ0) is 11.3. The van der Waals surface area contributed by atoms with Crippen LogP contribution in [-0.4, -0.2) is 20.6 Å². The Labute approximate surface area is 93.2 Å². The maximum absolute atomic E-state index is 10.4. The summed E-state index contributed by atoms with van der Waals surface area (Å²) in [6.45, 7) is 2.81. The fraction of sp³-hybridized carbons (Fsp3) is 0.667. The van der Waals surface area contributed by atoms with E-state index in [4.69, 9.17) is 11.6 Å². The van der Waals surface area contributed by atoms with Crippen molar-refractivity contribution in [1.29, 1.82) is 0 Å². The lowest BCUT2D eigenvalue weighted by Crippen LogP contribution is -2.04. The van der Waals surface area contributed by atoms with E-state index in [2.05, 4.69) is 12.0 Å². The first-order chi connectivity index (χ1) is 7.13. The van der Waals surface area contributed by atoms with Crippen LogP contribution in [0, 0.1) is 16.0 Å². The fourth-order valence-corrected chi connectivity index (χ4v) is 1.63. The van der Waals surface area contributed by atoms with Gasteiger partial charge in [0.2, 0.25) is 0 Å². The lowest BCUT2D eigenvalue weighted by atomic mass is 10.1. The van der Waals surface area contributed by atoms with Crippen molar-refractivity contribution in [2.75, 3.05) is 5.88 Å². The summed E-state index contributed by atoms with van der Waals surface area (Å²) in [6.07, 6.45) is 4.62. The van der Waals surface area contributed by atoms with E-state index in [-0.39, 0.29) is 5.69 Å². The largest absolute Gasteiger partial charge is 0.306 e. The van der Waals surface area contributed by atoms with Gasteiger partial charge in [-0.1, -0.05) is 6.92 Å². The fourth-order valence-electron chi connectivity index (χ4n) is 1.25. The summed E-state index contributed by atoms with van der Waals surface area (Å²) in [7, 11) is 0. The van der Waals surface area contributed by atoms with Crippen molar-refractivity contribution in [2.45, 2.75) is 26.3 Å². The highest BCUT2D eigenvalue weighted by molar-refractivity contribution is 6.17. The molecular weight excluding hydrogens is 218 g/mol. The van der Waals surface area contributed by atoms with Crippen LogP contribution in [0.3, 0.4) is 0 Å². The Morgan fingerprint density at radius 3 is 2.93 bits per heavy atom. The smallest absolute Gasteiger partial charge is 0.266 e. The van der Waals surface area contributed by atoms with Gasteiger partial charge >= 0.3 is 5.69 Å². The van der Waals surface area contributed by atoms with Crippen molar-refractivity contribution >= 4 is 17.3 Å². The summed E-state index contributed by atoms with van der Waals surface area (Å²) in [4.78, 5) is 9.95. The summed E-state index contributed by atoms with van der Waals surface area (Å²) in [5.74, 6) is 1.17. The van der Waals surface area contributed by atoms with E-state index in [1.54, 1.807) is 4.68 Å². The van der Waals surface area contributed by atoms with E-state index in [0.717, 1.165) is 12.8 Å². The minimum Gasteiger partial charge on any atom is -0.266 e. The molecule has 1 aromatic heterocycles. The summed E-state index contributed by atoms with van der Waals surface area (Å²) in [5.41, 5.74) is 0.0417. The maximum atomic E-state index is 10.4. The van der Waals surface area contributed by atoms with E-state index < -0.39 is 4.92 Å². The van der Waals surface area contributed by atoms with Gasteiger partial charge in [0.25, 0.3) is 0 Å². The van der Waals surface area contributed by atoms with E-state index in [0.29, 0.717) is 18.3 Å². The second-order valence-corrected chi connectivity index (χ2v) is 3.97. The molecule has 0 bridgehead atoms. The number of hydrogen-bond acceptors (Lipinski definition) is 3. The molecule has 0 amide bonds. The first kappa shape index (κ1) is 12.0. The van der Waals surface area contributed by atoms with Gasteiger partial charge in [0.15, 0.2) is 0 Å². The summed E-state index contributed by atoms with van der Waals surface area (Å²) in [6, 6.07) is 0. The molecule has 0 saturated heterocycles. The highest BCUT2D eigenvalue weighted by Gasteiger charge is 2.09. The van der Waals surface area contributed by atoms with Crippen LogP contribution in [0.4, 0.5) is 5.69 Å². The number of aromatic nitrogens is 2. The molecule has 1 atom stereocenters. The predicted octanol–water partition coefficient (Wildman–Crippen LogP) is 2.45. The number of nitro groups is 1. The highest BCUT2D eigenvalue weighted by atomic mass is 35.5. The number of hydrogen-bond donors (Lipinski definition) is 0. The summed E-state index contributed by atoms with van der Waals surface area (Å²) in [5, 5.41) is 14.3. The Balaban J connectivity index is 2.40. The molecule has 0 radical (unpaired) electrons. The Bertz CT molecular complexity index is 327. The third-order valence-electron chi connectivity index (χ3n) is 2.28. The molecular formula is C9H14ClN3O2. The number of nitrogens with zero attached hydrogens (tertiary/aromatic N) is 3. The van der Waals surface area contributed by atoms with Crippen LogP contribution in [0.5, 0.6) is 0 Å². The lowest BCUT2D eigenvalue weighted by Gasteiger charge is -2.08. The van der Waals surface area contributed by atoms with Crippen molar-refractivity contribution in [2.24, 2.45) is 5.92 Å². The normalized spacial score (nSPS) is 12.7. The van der Waals surface area contributed by atoms with Gasteiger partial charge in [0, 0.05) is 12.4 Å². The van der Waals surface area contributed by atoms with E-state index >= 15 is 0 Å². The second-order valence-electron chi connectivity index (χ2n) is 3.59. The SMILES string of the molecule is CC(CCCl)CCn1cc([N+](=O)[O-])cn1. The van der Waals surface area contributed by atoms with Crippen molar-refractivity contribution < 1.29 is 4.92 Å². The monoisotopic (exact) mass is 231 g/mol. The molecule has 0 aliphatic carbocycles. The number of rotatable bonds is 6. The molecule has 1 rings (SSSR count). The molecule has 0 aliphatic heterocycles. The third kappa shape index (κ3) is 3.87. The average molecular weight is 232 g/mol. The zero-order valence-electron chi connectivity index (χ0n) is 8.60. The van der Waals surface area contributed by atoms with Crippen LogP contribution < -0.4 is 0 Å². The van der Waals surface area contributed by atoms with Crippen LogP contribution in [0.2, 0.25) is 0 Å². The van der Waals surface area contributed by atoms with Gasteiger partial charge in [0.1, 0.15) is 12.4 Å². The lowest BCUT2D eigenvalue weighted by molar-refractivity contribution is -0.385. The summed E-state index contributed by atoms with van der Waals surface area (Å²) >= 11 is 5.61. The van der Waals surface area contributed by atoms with Gasteiger partial charge < -0.3 is 0 Å². The van der Waals surface area contributed by atoms with Crippen LogP contribution in [0.25, 0.3) is 0 Å². The molecule has 0 aromatic carbocycles. The Morgan fingerprint density at radius 2 is 2.40 bits per heavy atom. The van der Waals surface area contributed by atoms with Crippen LogP contribution >= 0.6 is 11.6 Å². The van der Waals surface area contributed by atoms with Gasteiger partial charge in [-0.3, -0.25) is 14.8 Å². The Kier molecular flexibility index (Phi) is 4.55. The first-order valence-electron chi connectivity index (χ1n) is 4.86. The molecule has 5 nitrogen and oxygen atoms in total. The molecule has 15 heavy (non-hydrogen) atoms. The standard InChI is InChI=1S/C9H14ClN3O2/c1-8(2-4-10)3-5-12-7-9(6-11-12)13(14)15/h6-8H,2-5H2,1H3. The van der Waals surface area contributed by atoms with Gasteiger partial charge in [-0.15, -0.1) is 11.6 Å². The minimum absolute atomic E-state index is 0.0417. The number of alkyl halides is 1. The molecule has 0 N–H and O–H groups in total. The van der Waals surface area contributed by atoms with Crippen molar-refractivity contribution in [3.05, 3.63) is 22.5 Å². The number of halogens is 1. The van der Waals surface area contributed by atoms with Crippen molar-refractivity contribution in [3.8, 4) is 0 Å². The van der Waals surface area contributed by atoms with Crippen molar-refractivity contribution in [3.63, 3.8) is 0 Å². The quantitative estimate of drug-likeness (QED) is 0.429. The predicted molar refractivity (Wildman–Crippen MR) is 58.0 cm³/mol. The molecule has 0 aliphatic rings. The van der Waals surface area contributed by atoms with Gasteiger partial charge in [-0.2, -0.15) is 5.10 Å². The third-order valence-corrected chi connectivity index (χ3v) is 2.50. The van der Waals surface area contributed by atoms with Gasteiger partial charge in [-0.25, -0.2) is 0 Å². The molecule has 1 aromatic rings. The molecule has 6 heteroatoms. The molecule has 1 unspecified atom stereocenters. The average Bonchev–Trinajstić information content (AvgIpc) is 2.63. The zero-order valence-corrected chi connectivity index (χ0v) is 9.35. The van der Waals surface area contributed by atoms with E-state index in [1.165, 1.54) is 12.4 Å². The van der Waals surface area contributed by atoms with E-state index in [1.807, 2.05) is 0 Å². The summed E-state index contributed by atoms with van der Waals surface area (Å²) < 4.78 is 1.60. The molecule has 0 saturated carbocycles. The minimum atomic E-state index is -0.439. The maximum Gasteiger partial charge on any atom is 0.306 e. The van der Waals surface area contributed by atoms with Crippen LogP contribution in [0.1, 0.15) is 19.8 Å². The van der Waals surface area contributed by atoms with Crippen LogP contribution in [-0.2, 0) is 6.54 Å². The molecule has 0 spiro atoms. The van der Waals surface area contributed by atoms with Crippen LogP contribution in [0.15, 0.2) is 12.4 Å². The second kappa shape index (κ2) is 5.70. The Morgan fingerprint density at radius 1 is 1.67 bits per heavy atom. The van der Waals surface area contributed by atoms with Gasteiger partial charge in [-0.05, 0) is 18.8 Å². The molecule has 0 fully saturated rings. The molecule has 1 heterocycles. The Hall–Kier alpha value is -1.10. The van der Waals surface area contributed by atoms with Gasteiger partial charge in [0.05, 0.1) is 4.92 Å². The number of aryl methyl sites for hydroxylation is 1. The first-order valence-corrected chi connectivity index (χ1v) is 5.39. The van der Waals surface area contributed by atoms with E-state index in [9.17, 15) is 10.1 Å². The molecule has 84 valence electrons. The topological polar surface area (TPSA) is 61.0 Å². The van der Waals surface area contributed by atoms with Crippen molar-refractivity contribution in [1.82, 2.24) is 9.78 Å². The highest BCUT2D eigenvalue weighted by Crippen LogP contribution is 2.12.